The van der Waals surface area contributed by atoms with E-state index in [0.29, 0.717) is 18.4 Å². The number of likely N-dealkylation sites (tertiary alicyclic amines) is 1. The Labute approximate surface area is 97.3 Å². The highest BCUT2D eigenvalue weighted by Gasteiger charge is 2.24. The zero-order chi connectivity index (χ0) is 11.8. The molecule has 90 valence electrons. The van der Waals surface area contributed by atoms with Crippen molar-refractivity contribution in [1.29, 1.82) is 0 Å². The van der Waals surface area contributed by atoms with Gasteiger partial charge in [0.05, 0.1) is 6.61 Å². The van der Waals surface area contributed by atoms with Crippen LogP contribution in [0.15, 0.2) is 5.16 Å². The van der Waals surface area contributed by atoms with Crippen molar-refractivity contribution < 1.29 is 9.94 Å². The van der Waals surface area contributed by atoms with Crippen molar-refractivity contribution in [3.05, 3.63) is 0 Å². The zero-order valence-corrected chi connectivity index (χ0v) is 10.1. The van der Waals surface area contributed by atoms with Crippen molar-refractivity contribution in [2.24, 2.45) is 5.16 Å². The quantitative estimate of drug-likeness (QED) is 0.428. The maximum absolute atomic E-state index is 8.90. The smallest absolute Gasteiger partial charge is 0.132 e. The van der Waals surface area contributed by atoms with Gasteiger partial charge in [-0.1, -0.05) is 11.1 Å². The van der Waals surface area contributed by atoms with E-state index in [9.17, 15) is 0 Å². The molecule has 1 atom stereocenters. The summed E-state index contributed by atoms with van der Waals surface area (Å²) in [5.74, 6) is 5.60. The molecule has 0 saturated carbocycles. The van der Waals surface area contributed by atoms with E-state index in [4.69, 9.17) is 9.94 Å². The largest absolute Gasteiger partial charge is 0.395 e. The lowest BCUT2D eigenvalue weighted by atomic mass is 10.2. The van der Waals surface area contributed by atoms with Gasteiger partial charge < -0.3 is 9.94 Å². The summed E-state index contributed by atoms with van der Waals surface area (Å²) in [4.78, 5) is 7.52. The van der Waals surface area contributed by atoms with E-state index < -0.39 is 0 Å². The lowest BCUT2D eigenvalue weighted by Crippen LogP contribution is -2.34. The molecule has 4 nitrogen and oxygen atoms in total. The van der Waals surface area contributed by atoms with Gasteiger partial charge in [-0.25, -0.2) is 0 Å². The number of aliphatic hydroxyl groups is 1. The molecule has 0 aromatic heterocycles. The Bertz CT molecular complexity index is 291. The second-order valence-corrected chi connectivity index (χ2v) is 3.90. The van der Waals surface area contributed by atoms with Crippen LogP contribution >= 0.6 is 0 Å². The highest BCUT2D eigenvalue weighted by Crippen LogP contribution is 2.16. The Kier molecular flexibility index (Phi) is 5.91. The van der Waals surface area contributed by atoms with Crippen molar-refractivity contribution in [2.75, 3.05) is 26.3 Å². The van der Waals surface area contributed by atoms with Gasteiger partial charge in [-0.3, -0.25) is 4.90 Å². The highest BCUT2D eigenvalue weighted by molar-refractivity contribution is 5.97. The third-order valence-electron chi connectivity index (χ3n) is 2.66. The molecule has 0 aromatic rings. The van der Waals surface area contributed by atoms with Gasteiger partial charge in [0.1, 0.15) is 12.3 Å². The first-order valence-corrected chi connectivity index (χ1v) is 5.72. The van der Waals surface area contributed by atoms with Crippen LogP contribution in [0.1, 0.15) is 26.7 Å². The van der Waals surface area contributed by atoms with Crippen molar-refractivity contribution in [2.45, 2.75) is 32.7 Å². The second-order valence-electron chi connectivity index (χ2n) is 3.90. The van der Waals surface area contributed by atoms with Crippen LogP contribution in [0.4, 0.5) is 0 Å². The molecular weight excluding hydrogens is 204 g/mol. The van der Waals surface area contributed by atoms with Gasteiger partial charge in [-0.05, 0) is 39.2 Å². The number of β-amino-alcohol motifs (C(OH)–C–C–N with tert-alkyl or cyclic N) is 1. The Balaban J connectivity index is 2.30. The van der Waals surface area contributed by atoms with Crippen molar-refractivity contribution in [3.8, 4) is 11.8 Å². The molecule has 1 N–H and O–H groups in total. The van der Waals surface area contributed by atoms with Crippen LogP contribution < -0.4 is 0 Å². The number of hydrogen-bond acceptors (Lipinski definition) is 4. The molecule has 4 heteroatoms. The average Bonchev–Trinajstić information content (AvgIpc) is 2.67. The Morgan fingerprint density at radius 2 is 2.44 bits per heavy atom. The monoisotopic (exact) mass is 224 g/mol. The molecule has 0 bridgehead atoms. The first-order valence-electron chi connectivity index (χ1n) is 5.72. The number of aliphatic hydroxyl groups excluding tert-OH is 1. The Hall–Kier alpha value is -1.05. The van der Waals surface area contributed by atoms with Gasteiger partial charge in [0.25, 0.3) is 0 Å². The van der Waals surface area contributed by atoms with Crippen molar-refractivity contribution in [1.82, 2.24) is 4.90 Å². The minimum absolute atomic E-state index is 0.208. The summed E-state index contributed by atoms with van der Waals surface area (Å²) in [6, 6.07) is 0.387. The van der Waals surface area contributed by atoms with E-state index in [0.717, 1.165) is 19.5 Å². The number of nitrogens with zero attached hydrogens (tertiary/aromatic N) is 2. The highest BCUT2D eigenvalue weighted by atomic mass is 16.6. The molecule has 1 saturated heterocycles. The fourth-order valence-electron chi connectivity index (χ4n) is 1.93. The minimum Gasteiger partial charge on any atom is -0.395 e. The summed E-state index contributed by atoms with van der Waals surface area (Å²) in [6.07, 6.45) is 2.29. The molecule has 0 unspecified atom stereocenters. The SMILES string of the molecule is CC#C/C(C)=N\OC[C@H]1CCCN1CCO. The van der Waals surface area contributed by atoms with Gasteiger partial charge in [-0.2, -0.15) is 0 Å². The van der Waals surface area contributed by atoms with E-state index in [1.54, 1.807) is 6.92 Å². The van der Waals surface area contributed by atoms with Gasteiger partial charge >= 0.3 is 0 Å². The predicted octanol–water partition coefficient (Wildman–Crippen LogP) is 0.859. The lowest BCUT2D eigenvalue weighted by Gasteiger charge is -2.21. The molecule has 0 aliphatic carbocycles. The minimum atomic E-state index is 0.208. The Morgan fingerprint density at radius 1 is 1.62 bits per heavy atom. The molecule has 0 amide bonds. The fourth-order valence-corrected chi connectivity index (χ4v) is 1.93. The summed E-state index contributed by atoms with van der Waals surface area (Å²) in [7, 11) is 0. The normalized spacial score (nSPS) is 21.7. The van der Waals surface area contributed by atoms with Crippen LogP contribution in [0.3, 0.4) is 0 Å². The van der Waals surface area contributed by atoms with E-state index in [2.05, 4.69) is 21.9 Å². The molecule has 0 aromatic carbocycles. The summed E-state index contributed by atoms with van der Waals surface area (Å²) in [6.45, 7) is 6.18. The summed E-state index contributed by atoms with van der Waals surface area (Å²) in [5.41, 5.74) is 0.703. The molecule has 0 radical (unpaired) electrons. The third kappa shape index (κ3) is 4.21. The second kappa shape index (κ2) is 7.26. The number of oxime groups is 1. The first kappa shape index (κ1) is 13.0. The van der Waals surface area contributed by atoms with Gasteiger partial charge in [0, 0.05) is 12.6 Å². The maximum Gasteiger partial charge on any atom is 0.132 e. The molecule has 1 fully saturated rings. The molecule has 1 rings (SSSR count). The average molecular weight is 224 g/mol. The van der Waals surface area contributed by atoms with Crippen LogP contribution in [0.2, 0.25) is 0 Å². The Morgan fingerprint density at radius 3 is 3.12 bits per heavy atom. The molecule has 1 aliphatic heterocycles. The van der Waals surface area contributed by atoms with Crippen LogP contribution in [-0.2, 0) is 4.84 Å². The summed E-state index contributed by atoms with van der Waals surface area (Å²) >= 11 is 0. The van der Waals surface area contributed by atoms with Gasteiger partial charge in [0.15, 0.2) is 0 Å². The molecule has 16 heavy (non-hydrogen) atoms. The van der Waals surface area contributed by atoms with Crippen molar-refractivity contribution >= 4 is 5.71 Å². The van der Waals surface area contributed by atoms with E-state index in [-0.39, 0.29) is 6.61 Å². The topological polar surface area (TPSA) is 45.1 Å². The van der Waals surface area contributed by atoms with E-state index in [1.165, 1.54) is 6.42 Å². The van der Waals surface area contributed by atoms with E-state index in [1.807, 2.05) is 6.92 Å². The van der Waals surface area contributed by atoms with Crippen LogP contribution in [-0.4, -0.2) is 48.1 Å². The lowest BCUT2D eigenvalue weighted by molar-refractivity contribution is 0.0746. The van der Waals surface area contributed by atoms with Crippen LogP contribution in [0.25, 0.3) is 0 Å². The van der Waals surface area contributed by atoms with Gasteiger partial charge in [0.2, 0.25) is 0 Å². The molecular formula is C12H20N2O2. The first-order chi connectivity index (χ1) is 7.77. The fraction of sp³-hybridized carbons (Fsp3) is 0.750. The summed E-state index contributed by atoms with van der Waals surface area (Å²) < 4.78 is 0. The maximum atomic E-state index is 8.90. The van der Waals surface area contributed by atoms with E-state index >= 15 is 0 Å². The third-order valence-corrected chi connectivity index (χ3v) is 2.66. The summed E-state index contributed by atoms with van der Waals surface area (Å²) in [5, 5.41) is 12.8. The molecule has 1 aliphatic rings. The standard InChI is InChI=1S/C12H20N2O2/c1-3-5-11(2)13-16-10-12-6-4-7-14(12)8-9-15/h12,15H,4,6-10H2,1-2H3/b13-11-/t12-/m1/s1. The number of hydrogen-bond donors (Lipinski definition) is 1. The zero-order valence-electron chi connectivity index (χ0n) is 10.1. The van der Waals surface area contributed by atoms with Crippen molar-refractivity contribution in [3.63, 3.8) is 0 Å². The van der Waals surface area contributed by atoms with Crippen LogP contribution in [0, 0.1) is 11.8 Å². The predicted molar refractivity (Wildman–Crippen MR) is 64.2 cm³/mol. The van der Waals surface area contributed by atoms with Crippen LogP contribution in [0.5, 0.6) is 0 Å². The molecule has 1 heterocycles. The number of rotatable bonds is 5. The molecule has 0 spiro atoms. The van der Waals surface area contributed by atoms with Gasteiger partial charge in [-0.15, -0.1) is 0 Å².